The van der Waals surface area contributed by atoms with Gasteiger partial charge in [0.1, 0.15) is 5.56 Å². The van der Waals surface area contributed by atoms with Gasteiger partial charge in [0.05, 0.1) is 18.0 Å². The summed E-state index contributed by atoms with van der Waals surface area (Å²) in [6.07, 6.45) is 5.35. The molecular formula is C17H17Cl2N5O. The number of anilines is 2. The molecule has 0 radical (unpaired) electrons. The largest absolute Gasteiger partial charge is 0.365 e. The summed E-state index contributed by atoms with van der Waals surface area (Å²) in [6.45, 7) is 0. The van der Waals surface area contributed by atoms with Crippen molar-refractivity contribution in [3.8, 4) is 6.07 Å². The van der Waals surface area contributed by atoms with E-state index in [0.29, 0.717) is 21.6 Å². The van der Waals surface area contributed by atoms with E-state index in [1.54, 1.807) is 29.1 Å². The molecular weight excluding hydrogens is 361 g/mol. The topological polar surface area (TPSA) is 96.7 Å². The molecule has 1 aromatic carbocycles. The number of carbonyl (C=O) groups is 1. The van der Waals surface area contributed by atoms with Gasteiger partial charge in [-0.05, 0) is 31.0 Å². The molecule has 1 amide bonds. The maximum Gasteiger partial charge on any atom is 0.254 e. The molecule has 0 aliphatic heterocycles. The molecule has 0 bridgehead atoms. The third-order valence-corrected chi connectivity index (χ3v) is 4.79. The van der Waals surface area contributed by atoms with Crippen LogP contribution in [-0.4, -0.2) is 15.7 Å². The van der Waals surface area contributed by atoms with Crippen LogP contribution >= 0.6 is 23.2 Å². The molecule has 0 saturated heterocycles. The molecule has 3 rings (SSSR count). The third-order valence-electron chi connectivity index (χ3n) is 4.36. The molecule has 1 heterocycles. The number of nitriles is 1. The van der Waals surface area contributed by atoms with Crippen LogP contribution in [0, 0.1) is 17.2 Å². The first-order valence-electron chi connectivity index (χ1n) is 7.99. The second kappa shape index (κ2) is 7.34. The van der Waals surface area contributed by atoms with Gasteiger partial charge in [-0.3, -0.25) is 9.48 Å². The molecule has 1 saturated carbocycles. The van der Waals surface area contributed by atoms with Crippen LogP contribution < -0.4 is 11.1 Å². The van der Waals surface area contributed by atoms with Crippen molar-refractivity contribution in [2.24, 2.45) is 11.7 Å². The fourth-order valence-electron chi connectivity index (χ4n) is 3.18. The molecule has 2 atom stereocenters. The molecule has 2 unspecified atom stereocenters. The van der Waals surface area contributed by atoms with E-state index in [4.69, 9.17) is 28.9 Å². The minimum absolute atomic E-state index is 0.0599. The summed E-state index contributed by atoms with van der Waals surface area (Å²) in [5, 5.41) is 17.8. The summed E-state index contributed by atoms with van der Waals surface area (Å²) in [4.78, 5) is 11.8. The molecule has 8 heteroatoms. The van der Waals surface area contributed by atoms with Crippen LogP contribution in [0.15, 0.2) is 24.4 Å². The Bertz CT molecular complexity index is 822. The van der Waals surface area contributed by atoms with Crippen LogP contribution in [0.25, 0.3) is 0 Å². The number of halogens is 2. The van der Waals surface area contributed by atoms with E-state index in [0.717, 1.165) is 25.7 Å². The Hall–Kier alpha value is -2.23. The SMILES string of the molecule is N#CC1CCCCC1n1cc(C(N)=O)c(Nc2cc(Cl)cc(Cl)c2)n1. The van der Waals surface area contributed by atoms with Crippen LogP contribution in [0.2, 0.25) is 10.0 Å². The van der Waals surface area contributed by atoms with Crippen molar-refractivity contribution >= 4 is 40.6 Å². The zero-order valence-electron chi connectivity index (χ0n) is 13.4. The van der Waals surface area contributed by atoms with E-state index >= 15 is 0 Å². The summed E-state index contributed by atoms with van der Waals surface area (Å²) >= 11 is 12.0. The Balaban J connectivity index is 1.95. The molecule has 0 spiro atoms. The lowest BCUT2D eigenvalue weighted by Gasteiger charge is -2.26. The average Bonchev–Trinajstić information content (AvgIpc) is 2.97. The highest BCUT2D eigenvalue weighted by molar-refractivity contribution is 6.35. The van der Waals surface area contributed by atoms with E-state index in [9.17, 15) is 10.1 Å². The highest BCUT2D eigenvalue weighted by atomic mass is 35.5. The normalized spacial score (nSPS) is 20.0. The van der Waals surface area contributed by atoms with Crippen molar-refractivity contribution in [1.82, 2.24) is 9.78 Å². The molecule has 2 aromatic rings. The lowest BCUT2D eigenvalue weighted by Crippen LogP contribution is -2.22. The number of carbonyl (C=O) groups excluding carboxylic acids is 1. The predicted octanol–water partition coefficient (Wildman–Crippen LogP) is 4.29. The van der Waals surface area contributed by atoms with Crippen LogP contribution in [0.5, 0.6) is 0 Å². The molecule has 130 valence electrons. The number of hydrogen-bond donors (Lipinski definition) is 2. The summed E-state index contributed by atoms with van der Waals surface area (Å²) < 4.78 is 1.68. The quantitative estimate of drug-likeness (QED) is 0.830. The smallest absolute Gasteiger partial charge is 0.254 e. The highest BCUT2D eigenvalue weighted by Crippen LogP contribution is 2.34. The van der Waals surface area contributed by atoms with Crippen molar-refractivity contribution in [1.29, 1.82) is 5.26 Å². The van der Waals surface area contributed by atoms with Crippen molar-refractivity contribution < 1.29 is 4.79 Å². The number of rotatable bonds is 4. The van der Waals surface area contributed by atoms with Crippen LogP contribution in [0.3, 0.4) is 0 Å². The highest BCUT2D eigenvalue weighted by Gasteiger charge is 2.28. The Kier molecular flexibility index (Phi) is 5.16. The molecule has 1 fully saturated rings. The Labute approximate surface area is 155 Å². The third kappa shape index (κ3) is 3.89. The number of aromatic nitrogens is 2. The number of nitrogens with one attached hydrogen (secondary N) is 1. The number of primary amides is 1. The van der Waals surface area contributed by atoms with Gasteiger partial charge in [0.25, 0.3) is 5.91 Å². The van der Waals surface area contributed by atoms with Crippen LogP contribution in [0.1, 0.15) is 42.1 Å². The predicted molar refractivity (Wildman–Crippen MR) is 97.1 cm³/mol. The van der Waals surface area contributed by atoms with Crippen molar-refractivity contribution in [2.45, 2.75) is 31.7 Å². The standard InChI is InChI=1S/C17H17Cl2N5O/c18-11-5-12(19)7-13(6-11)22-17-14(16(21)25)9-24(23-17)15-4-2-1-3-10(15)8-20/h5-7,9-10,15H,1-4H2,(H2,21,25)(H,22,23). The zero-order valence-corrected chi connectivity index (χ0v) is 14.9. The molecule has 25 heavy (non-hydrogen) atoms. The van der Waals surface area contributed by atoms with Gasteiger partial charge >= 0.3 is 0 Å². The fraction of sp³-hybridized carbons (Fsp3) is 0.353. The van der Waals surface area contributed by atoms with Crippen molar-refractivity contribution in [3.05, 3.63) is 40.0 Å². The maximum atomic E-state index is 11.8. The maximum absolute atomic E-state index is 11.8. The number of nitrogens with two attached hydrogens (primary N) is 1. The van der Waals surface area contributed by atoms with Gasteiger partial charge in [-0.15, -0.1) is 0 Å². The van der Waals surface area contributed by atoms with Gasteiger partial charge in [0, 0.05) is 21.9 Å². The summed E-state index contributed by atoms with van der Waals surface area (Å²) in [5.41, 5.74) is 6.35. The number of benzene rings is 1. The molecule has 1 aliphatic carbocycles. The van der Waals surface area contributed by atoms with Gasteiger partial charge in [-0.2, -0.15) is 10.4 Å². The van der Waals surface area contributed by atoms with E-state index < -0.39 is 5.91 Å². The molecule has 1 aromatic heterocycles. The van der Waals surface area contributed by atoms with E-state index in [1.807, 2.05) is 0 Å². The number of hydrogen-bond acceptors (Lipinski definition) is 4. The molecule has 1 aliphatic rings. The Morgan fingerprint density at radius 3 is 2.60 bits per heavy atom. The van der Waals surface area contributed by atoms with Gasteiger partial charge < -0.3 is 11.1 Å². The molecule has 6 nitrogen and oxygen atoms in total. The zero-order chi connectivity index (χ0) is 18.0. The first-order chi connectivity index (χ1) is 12.0. The Morgan fingerprint density at radius 2 is 1.96 bits per heavy atom. The lowest BCUT2D eigenvalue weighted by molar-refractivity contribution is 0.100. The second-order valence-corrected chi connectivity index (χ2v) is 6.98. The monoisotopic (exact) mass is 377 g/mol. The fourth-order valence-corrected chi connectivity index (χ4v) is 3.70. The minimum Gasteiger partial charge on any atom is -0.365 e. The Morgan fingerprint density at radius 1 is 1.28 bits per heavy atom. The van der Waals surface area contributed by atoms with Crippen molar-refractivity contribution in [3.63, 3.8) is 0 Å². The number of amides is 1. The summed E-state index contributed by atoms with van der Waals surface area (Å²) in [5.74, 6) is -0.387. The first-order valence-corrected chi connectivity index (χ1v) is 8.75. The van der Waals surface area contributed by atoms with Gasteiger partial charge in [-0.25, -0.2) is 0 Å². The molecule has 3 N–H and O–H groups in total. The van der Waals surface area contributed by atoms with Gasteiger partial charge in [0.15, 0.2) is 5.82 Å². The average molecular weight is 378 g/mol. The van der Waals surface area contributed by atoms with E-state index in [2.05, 4.69) is 16.5 Å². The van der Waals surface area contributed by atoms with Crippen LogP contribution in [0.4, 0.5) is 11.5 Å². The van der Waals surface area contributed by atoms with Gasteiger partial charge in [-0.1, -0.05) is 36.0 Å². The first kappa shape index (κ1) is 17.6. The lowest BCUT2D eigenvalue weighted by atomic mass is 9.85. The number of nitrogens with zero attached hydrogens (tertiary/aromatic N) is 3. The summed E-state index contributed by atoms with van der Waals surface area (Å²) in [6, 6.07) is 7.25. The van der Waals surface area contributed by atoms with E-state index in [-0.39, 0.29) is 17.5 Å². The summed E-state index contributed by atoms with van der Waals surface area (Å²) in [7, 11) is 0. The van der Waals surface area contributed by atoms with E-state index in [1.165, 1.54) is 0 Å². The van der Waals surface area contributed by atoms with Crippen molar-refractivity contribution in [2.75, 3.05) is 5.32 Å². The van der Waals surface area contributed by atoms with Crippen LogP contribution in [-0.2, 0) is 0 Å². The minimum atomic E-state index is -0.591. The van der Waals surface area contributed by atoms with Gasteiger partial charge in [0.2, 0.25) is 0 Å². The second-order valence-electron chi connectivity index (χ2n) is 6.11.